The molecule has 0 radical (unpaired) electrons. The zero-order chi connectivity index (χ0) is 13.2. The van der Waals surface area contributed by atoms with Crippen LogP contribution < -0.4 is 10.2 Å². The van der Waals surface area contributed by atoms with Crippen LogP contribution in [0.25, 0.3) is 5.57 Å². The van der Waals surface area contributed by atoms with E-state index >= 15 is 0 Å². The van der Waals surface area contributed by atoms with Gasteiger partial charge in [-0.3, -0.25) is 4.79 Å². The smallest absolute Gasteiger partial charge is 0.227 e. The van der Waals surface area contributed by atoms with E-state index in [9.17, 15) is 4.79 Å². The van der Waals surface area contributed by atoms with Gasteiger partial charge in [0.1, 0.15) is 0 Å². The molecule has 0 unspecified atom stereocenters. The molecule has 19 heavy (non-hydrogen) atoms. The van der Waals surface area contributed by atoms with Crippen molar-refractivity contribution in [3.63, 3.8) is 0 Å². The Hall–Kier alpha value is -1.61. The van der Waals surface area contributed by atoms with Gasteiger partial charge in [0.25, 0.3) is 0 Å². The Morgan fingerprint density at radius 2 is 2.05 bits per heavy atom. The summed E-state index contributed by atoms with van der Waals surface area (Å²) < 4.78 is 0. The fraction of sp³-hybridized carbons (Fsp3) is 0.438. The normalized spacial score (nSPS) is 19.7. The van der Waals surface area contributed by atoms with E-state index in [1.54, 1.807) is 4.90 Å². The van der Waals surface area contributed by atoms with Crippen LogP contribution in [0.4, 0.5) is 5.69 Å². The number of nitrogens with zero attached hydrogens (tertiary/aromatic N) is 1. The molecule has 0 spiro atoms. The molecule has 0 saturated heterocycles. The number of carbonyl (C=O) groups excluding carboxylic acids is 1. The molecule has 1 aromatic carbocycles. The summed E-state index contributed by atoms with van der Waals surface area (Å²) >= 11 is 0. The summed E-state index contributed by atoms with van der Waals surface area (Å²) in [4.78, 5) is 13.5. The van der Waals surface area contributed by atoms with Gasteiger partial charge in [-0.25, -0.2) is 0 Å². The molecule has 1 amide bonds. The molecule has 2 aliphatic heterocycles. The van der Waals surface area contributed by atoms with Crippen molar-refractivity contribution in [2.75, 3.05) is 25.0 Å². The lowest BCUT2D eigenvalue weighted by Crippen LogP contribution is -2.31. The second-order valence-corrected chi connectivity index (χ2v) is 5.31. The predicted molar refractivity (Wildman–Crippen MR) is 78.3 cm³/mol. The van der Waals surface area contributed by atoms with Gasteiger partial charge < -0.3 is 10.2 Å². The monoisotopic (exact) mass is 256 g/mol. The maximum Gasteiger partial charge on any atom is 0.227 e. The molecular weight excluding hydrogens is 236 g/mol. The van der Waals surface area contributed by atoms with E-state index < -0.39 is 0 Å². The number of nitrogens with one attached hydrogen (secondary N) is 1. The number of fused-ring (bicyclic) bond motifs is 1. The molecule has 3 rings (SSSR count). The predicted octanol–water partition coefficient (Wildman–Crippen LogP) is 2.36. The van der Waals surface area contributed by atoms with Crippen LogP contribution in [0.2, 0.25) is 0 Å². The first kappa shape index (κ1) is 12.4. The number of aryl methyl sites for hydroxylation is 1. The third-order valence-electron chi connectivity index (χ3n) is 4.08. The van der Waals surface area contributed by atoms with E-state index in [0.717, 1.165) is 38.0 Å². The lowest BCUT2D eigenvalue weighted by molar-refractivity contribution is -0.118. The number of amides is 1. The standard InChI is InChI=1S/C16H20N2O/c1-18-15-6-4-13(11-14(15)5-7-16(18)19)12-3-2-9-17-10-8-12/h3-4,6,11,17H,2,5,7-10H2,1H3. The minimum absolute atomic E-state index is 0.220. The third-order valence-corrected chi connectivity index (χ3v) is 4.08. The van der Waals surface area contributed by atoms with Crippen LogP contribution in [0.1, 0.15) is 30.4 Å². The zero-order valence-electron chi connectivity index (χ0n) is 11.4. The molecule has 0 saturated carbocycles. The van der Waals surface area contributed by atoms with Crippen molar-refractivity contribution >= 4 is 17.2 Å². The van der Waals surface area contributed by atoms with Crippen LogP contribution in [-0.4, -0.2) is 26.0 Å². The van der Waals surface area contributed by atoms with Crippen molar-refractivity contribution in [2.45, 2.75) is 25.7 Å². The Morgan fingerprint density at radius 1 is 1.16 bits per heavy atom. The van der Waals surface area contributed by atoms with Crippen molar-refractivity contribution in [1.82, 2.24) is 5.32 Å². The highest BCUT2D eigenvalue weighted by Crippen LogP contribution is 2.30. The van der Waals surface area contributed by atoms with E-state index in [0.29, 0.717) is 6.42 Å². The highest BCUT2D eigenvalue weighted by atomic mass is 16.2. The van der Waals surface area contributed by atoms with Gasteiger partial charge in [0.15, 0.2) is 0 Å². The molecule has 0 fully saturated rings. The summed E-state index contributed by atoms with van der Waals surface area (Å²) in [6.45, 7) is 2.13. The first-order valence-electron chi connectivity index (χ1n) is 7.05. The fourth-order valence-corrected chi connectivity index (χ4v) is 2.92. The summed E-state index contributed by atoms with van der Waals surface area (Å²) in [6, 6.07) is 6.53. The molecular formula is C16H20N2O. The Balaban J connectivity index is 1.93. The molecule has 0 aromatic heterocycles. The summed E-state index contributed by atoms with van der Waals surface area (Å²) in [6.07, 6.45) is 6.04. The quantitative estimate of drug-likeness (QED) is 0.836. The number of hydrogen-bond donors (Lipinski definition) is 1. The topological polar surface area (TPSA) is 32.3 Å². The van der Waals surface area contributed by atoms with Gasteiger partial charge in [-0.2, -0.15) is 0 Å². The second kappa shape index (κ2) is 5.17. The molecule has 3 nitrogen and oxygen atoms in total. The van der Waals surface area contributed by atoms with Gasteiger partial charge in [0.05, 0.1) is 0 Å². The fourth-order valence-electron chi connectivity index (χ4n) is 2.92. The first-order chi connectivity index (χ1) is 9.25. The van der Waals surface area contributed by atoms with Gasteiger partial charge in [-0.1, -0.05) is 12.1 Å². The first-order valence-corrected chi connectivity index (χ1v) is 7.05. The number of hydrogen-bond acceptors (Lipinski definition) is 2. The van der Waals surface area contributed by atoms with E-state index in [4.69, 9.17) is 0 Å². The third kappa shape index (κ3) is 2.43. The largest absolute Gasteiger partial charge is 0.316 e. The van der Waals surface area contributed by atoms with E-state index in [2.05, 4.69) is 29.6 Å². The van der Waals surface area contributed by atoms with Gasteiger partial charge in [-0.15, -0.1) is 0 Å². The lowest BCUT2D eigenvalue weighted by Gasteiger charge is -2.26. The highest BCUT2D eigenvalue weighted by molar-refractivity contribution is 5.96. The number of anilines is 1. The molecule has 1 N–H and O–H groups in total. The molecule has 1 aromatic rings. The zero-order valence-corrected chi connectivity index (χ0v) is 11.4. The average Bonchev–Trinajstić information content (AvgIpc) is 2.72. The summed E-state index contributed by atoms with van der Waals surface area (Å²) in [7, 11) is 1.87. The van der Waals surface area contributed by atoms with Crippen LogP contribution in [-0.2, 0) is 11.2 Å². The maximum atomic E-state index is 11.7. The van der Waals surface area contributed by atoms with Crippen LogP contribution in [0.3, 0.4) is 0 Å². The Morgan fingerprint density at radius 3 is 2.95 bits per heavy atom. The van der Waals surface area contributed by atoms with E-state index in [1.165, 1.54) is 16.7 Å². The Labute approximate surface area is 114 Å². The summed E-state index contributed by atoms with van der Waals surface area (Å²) in [5, 5.41) is 3.42. The molecule has 0 atom stereocenters. The van der Waals surface area contributed by atoms with Crippen molar-refractivity contribution < 1.29 is 4.79 Å². The van der Waals surface area contributed by atoms with Gasteiger partial charge in [-0.05, 0) is 61.2 Å². The SMILES string of the molecule is CN1C(=O)CCc2cc(C3=CCCNCC3)ccc21. The van der Waals surface area contributed by atoms with Crippen LogP contribution >= 0.6 is 0 Å². The van der Waals surface area contributed by atoms with Crippen LogP contribution in [0.15, 0.2) is 24.3 Å². The van der Waals surface area contributed by atoms with Gasteiger partial charge in [0.2, 0.25) is 5.91 Å². The van der Waals surface area contributed by atoms with Crippen molar-refractivity contribution in [3.8, 4) is 0 Å². The second-order valence-electron chi connectivity index (χ2n) is 5.31. The number of carbonyl (C=O) groups is 1. The van der Waals surface area contributed by atoms with E-state index in [-0.39, 0.29) is 5.91 Å². The van der Waals surface area contributed by atoms with Gasteiger partial charge in [0, 0.05) is 19.2 Å². The van der Waals surface area contributed by atoms with Crippen LogP contribution in [0.5, 0.6) is 0 Å². The molecule has 2 heterocycles. The summed E-state index contributed by atoms with van der Waals surface area (Å²) in [5.74, 6) is 0.220. The molecule has 3 heteroatoms. The van der Waals surface area contributed by atoms with Crippen molar-refractivity contribution in [2.24, 2.45) is 0 Å². The Kier molecular flexibility index (Phi) is 3.38. The molecule has 0 bridgehead atoms. The molecule has 2 aliphatic rings. The van der Waals surface area contributed by atoms with Crippen molar-refractivity contribution in [3.05, 3.63) is 35.4 Å². The van der Waals surface area contributed by atoms with Crippen molar-refractivity contribution in [1.29, 1.82) is 0 Å². The number of benzene rings is 1. The van der Waals surface area contributed by atoms with Gasteiger partial charge >= 0.3 is 0 Å². The van der Waals surface area contributed by atoms with Crippen LogP contribution in [0, 0.1) is 0 Å². The van der Waals surface area contributed by atoms with E-state index in [1.807, 2.05) is 7.05 Å². The minimum Gasteiger partial charge on any atom is -0.316 e. The minimum atomic E-state index is 0.220. The summed E-state index contributed by atoms with van der Waals surface area (Å²) in [5.41, 5.74) is 5.14. The molecule has 0 aliphatic carbocycles. The lowest BCUT2D eigenvalue weighted by atomic mass is 9.94. The molecule has 100 valence electrons. The average molecular weight is 256 g/mol. The number of rotatable bonds is 1. The Bertz CT molecular complexity index is 534. The highest BCUT2D eigenvalue weighted by Gasteiger charge is 2.21. The maximum absolute atomic E-state index is 11.7.